The Kier molecular flexibility index (Phi) is 3.59. The third kappa shape index (κ3) is 2.81. The van der Waals surface area contributed by atoms with Crippen LogP contribution in [-0.4, -0.2) is 18.5 Å². The highest BCUT2D eigenvalue weighted by atomic mass is 19.1. The van der Waals surface area contributed by atoms with E-state index in [4.69, 9.17) is 5.73 Å². The van der Waals surface area contributed by atoms with Crippen molar-refractivity contribution in [3.63, 3.8) is 0 Å². The second-order valence-electron chi connectivity index (χ2n) is 3.12. The summed E-state index contributed by atoms with van der Waals surface area (Å²) in [4.78, 5) is 11.4. The largest absolute Gasteiger partial charge is 0.348 e. The predicted octanol–water partition coefficient (Wildman–Crippen LogP) is 0.903. The van der Waals surface area contributed by atoms with Crippen molar-refractivity contribution in [3.8, 4) is 0 Å². The van der Waals surface area contributed by atoms with Gasteiger partial charge >= 0.3 is 0 Å². The molecule has 76 valence electrons. The molecular weight excluding hydrogens is 183 g/mol. The Bertz CT molecular complexity index is 328. The van der Waals surface area contributed by atoms with Crippen LogP contribution >= 0.6 is 0 Å². The summed E-state index contributed by atoms with van der Waals surface area (Å²) in [5.74, 6) is -0.722. The smallest absolute Gasteiger partial charge is 0.251 e. The zero-order valence-corrected chi connectivity index (χ0v) is 7.96. The molecular formula is C10H13FN2O. The molecule has 1 amide bonds. The summed E-state index contributed by atoms with van der Waals surface area (Å²) in [6, 6.07) is 5.44. The van der Waals surface area contributed by atoms with Crippen LogP contribution < -0.4 is 11.1 Å². The van der Waals surface area contributed by atoms with Crippen LogP contribution in [0.15, 0.2) is 24.3 Å². The normalized spacial score (nSPS) is 12.2. The lowest BCUT2D eigenvalue weighted by Gasteiger charge is -2.10. The molecule has 4 heteroatoms. The van der Waals surface area contributed by atoms with Crippen LogP contribution in [0.2, 0.25) is 0 Å². The van der Waals surface area contributed by atoms with E-state index in [2.05, 4.69) is 5.32 Å². The third-order valence-electron chi connectivity index (χ3n) is 1.82. The fourth-order valence-corrected chi connectivity index (χ4v) is 0.996. The third-order valence-corrected chi connectivity index (χ3v) is 1.82. The van der Waals surface area contributed by atoms with Gasteiger partial charge in [0.15, 0.2) is 0 Å². The van der Waals surface area contributed by atoms with Gasteiger partial charge in [-0.3, -0.25) is 4.79 Å². The minimum Gasteiger partial charge on any atom is -0.348 e. The van der Waals surface area contributed by atoms with Crippen LogP contribution in [-0.2, 0) is 0 Å². The Labute approximate surface area is 82.1 Å². The molecule has 3 N–H and O–H groups in total. The van der Waals surface area contributed by atoms with Crippen molar-refractivity contribution < 1.29 is 9.18 Å². The summed E-state index contributed by atoms with van der Waals surface area (Å²) in [5.41, 5.74) is 5.65. The molecule has 0 saturated carbocycles. The molecule has 0 aromatic heterocycles. The van der Waals surface area contributed by atoms with Gasteiger partial charge in [0.25, 0.3) is 5.91 Å². The van der Waals surface area contributed by atoms with Gasteiger partial charge in [0, 0.05) is 18.2 Å². The van der Waals surface area contributed by atoms with Crippen molar-refractivity contribution in [3.05, 3.63) is 35.6 Å². The van der Waals surface area contributed by atoms with Gasteiger partial charge in [-0.1, -0.05) is 6.07 Å². The maximum Gasteiger partial charge on any atom is 0.251 e. The summed E-state index contributed by atoms with van der Waals surface area (Å²) >= 11 is 0. The molecule has 14 heavy (non-hydrogen) atoms. The van der Waals surface area contributed by atoms with Gasteiger partial charge in [-0.25, -0.2) is 4.39 Å². The maximum atomic E-state index is 12.7. The number of nitrogens with one attached hydrogen (secondary N) is 1. The lowest BCUT2D eigenvalue weighted by molar-refractivity contribution is 0.0941. The summed E-state index contributed by atoms with van der Waals surface area (Å²) < 4.78 is 12.7. The van der Waals surface area contributed by atoms with Gasteiger partial charge in [-0.05, 0) is 25.1 Å². The van der Waals surface area contributed by atoms with E-state index in [1.54, 1.807) is 13.0 Å². The van der Waals surface area contributed by atoms with E-state index in [0.29, 0.717) is 12.1 Å². The quantitative estimate of drug-likeness (QED) is 0.754. The highest BCUT2D eigenvalue weighted by Crippen LogP contribution is 2.03. The van der Waals surface area contributed by atoms with Crippen molar-refractivity contribution in [2.75, 3.05) is 6.54 Å². The van der Waals surface area contributed by atoms with E-state index in [1.807, 2.05) is 0 Å². The summed E-state index contributed by atoms with van der Waals surface area (Å²) in [6.07, 6.45) is 0. The first-order chi connectivity index (χ1) is 6.63. The molecule has 0 fully saturated rings. The second kappa shape index (κ2) is 4.72. The molecule has 1 aromatic carbocycles. The molecule has 0 radical (unpaired) electrons. The van der Waals surface area contributed by atoms with Crippen LogP contribution in [0.25, 0.3) is 0 Å². The van der Waals surface area contributed by atoms with Crippen molar-refractivity contribution in [1.82, 2.24) is 5.32 Å². The molecule has 0 heterocycles. The number of hydrogen-bond donors (Lipinski definition) is 2. The van der Waals surface area contributed by atoms with Crippen LogP contribution in [0.1, 0.15) is 17.3 Å². The fourth-order valence-electron chi connectivity index (χ4n) is 0.996. The first-order valence-corrected chi connectivity index (χ1v) is 4.40. The average Bonchev–Trinajstić information content (AvgIpc) is 2.17. The molecule has 1 rings (SSSR count). The van der Waals surface area contributed by atoms with Crippen molar-refractivity contribution in [2.45, 2.75) is 13.0 Å². The van der Waals surface area contributed by atoms with Gasteiger partial charge in [-0.2, -0.15) is 0 Å². The van der Waals surface area contributed by atoms with Crippen LogP contribution in [0.5, 0.6) is 0 Å². The Morgan fingerprint density at radius 1 is 1.64 bits per heavy atom. The number of carbonyl (C=O) groups excluding carboxylic acids is 1. The Morgan fingerprint density at radius 2 is 2.36 bits per heavy atom. The van der Waals surface area contributed by atoms with Gasteiger partial charge in [0.05, 0.1) is 0 Å². The number of benzene rings is 1. The average molecular weight is 196 g/mol. The molecule has 1 aromatic rings. The van der Waals surface area contributed by atoms with Crippen LogP contribution in [0.4, 0.5) is 4.39 Å². The van der Waals surface area contributed by atoms with Crippen LogP contribution in [0.3, 0.4) is 0 Å². The van der Waals surface area contributed by atoms with E-state index in [9.17, 15) is 9.18 Å². The first-order valence-electron chi connectivity index (χ1n) is 4.40. The summed E-state index contributed by atoms with van der Waals surface area (Å²) in [6.45, 7) is 2.15. The van der Waals surface area contributed by atoms with E-state index < -0.39 is 5.82 Å². The summed E-state index contributed by atoms with van der Waals surface area (Å²) in [5, 5.41) is 2.64. The van der Waals surface area contributed by atoms with Crippen molar-refractivity contribution in [1.29, 1.82) is 0 Å². The number of halogens is 1. The molecule has 0 aliphatic rings. The van der Waals surface area contributed by atoms with Crippen molar-refractivity contribution >= 4 is 5.91 Å². The molecule has 0 spiro atoms. The number of hydrogen-bond acceptors (Lipinski definition) is 2. The molecule has 0 aliphatic heterocycles. The molecule has 0 aliphatic carbocycles. The van der Waals surface area contributed by atoms with Crippen molar-refractivity contribution in [2.24, 2.45) is 5.73 Å². The molecule has 1 atom stereocenters. The zero-order chi connectivity index (χ0) is 10.6. The monoisotopic (exact) mass is 196 g/mol. The highest BCUT2D eigenvalue weighted by Gasteiger charge is 2.08. The van der Waals surface area contributed by atoms with E-state index in [1.165, 1.54) is 18.2 Å². The van der Waals surface area contributed by atoms with Gasteiger partial charge in [0.1, 0.15) is 5.82 Å². The van der Waals surface area contributed by atoms with Crippen LogP contribution in [0, 0.1) is 5.82 Å². The molecule has 0 bridgehead atoms. The Hall–Kier alpha value is -1.42. The lowest BCUT2D eigenvalue weighted by atomic mass is 10.2. The maximum absolute atomic E-state index is 12.7. The van der Waals surface area contributed by atoms with E-state index >= 15 is 0 Å². The Balaban J connectivity index is 2.70. The number of carbonyl (C=O) groups is 1. The second-order valence-corrected chi connectivity index (χ2v) is 3.12. The molecule has 3 nitrogen and oxygen atoms in total. The topological polar surface area (TPSA) is 55.1 Å². The fraction of sp³-hybridized carbons (Fsp3) is 0.300. The standard InChI is InChI=1S/C10H13FN2O/c1-7(6-12)13-10(14)8-3-2-4-9(11)5-8/h2-5,7H,6,12H2,1H3,(H,13,14)/t7-/m1/s1. The SMILES string of the molecule is C[C@H](CN)NC(=O)c1cccc(F)c1. The first kappa shape index (κ1) is 10.7. The van der Waals surface area contributed by atoms with Gasteiger partial charge in [-0.15, -0.1) is 0 Å². The van der Waals surface area contributed by atoms with E-state index in [0.717, 1.165) is 0 Å². The molecule has 0 saturated heterocycles. The predicted molar refractivity (Wildman–Crippen MR) is 52.4 cm³/mol. The lowest BCUT2D eigenvalue weighted by Crippen LogP contribution is -2.37. The van der Waals surface area contributed by atoms with Gasteiger partial charge in [0.2, 0.25) is 0 Å². The number of amides is 1. The number of rotatable bonds is 3. The minimum absolute atomic E-state index is 0.106. The number of nitrogens with two attached hydrogens (primary N) is 1. The highest BCUT2D eigenvalue weighted by molar-refractivity contribution is 5.94. The van der Waals surface area contributed by atoms with Gasteiger partial charge < -0.3 is 11.1 Å². The minimum atomic E-state index is -0.418. The molecule has 0 unspecified atom stereocenters. The van der Waals surface area contributed by atoms with E-state index in [-0.39, 0.29) is 11.9 Å². The Morgan fingerprint density at radius 3 is 2.93 bits per heavy atom. The zero-order valence-electron chi connectivity index (χ0n) is 7.96. The summed E-state index contributed by atoms with van der Waals surface area (Å²) in [7, 11) is 0.